The summed E-state index contributed by atoms with van der Waals surface area (Å²) in [5.41, 5.74) is 0. The molecule has 0 amide bonds. The molecule has 0 radical (unpaired) electrons. The van der Waals surface area contributed by atoms with E-state index in [1.165, 1.54) is 38.5 Å². The van der Waals surface area contributed by atoms with E-state index in [-0.39, 0.29) is 43.0 Å². The van der Waals surface area contributed by atoms with Crippen molar-refractivity contribution in [3.63, 3.8) is 0 Å². The standard InChI is InChI=1S/C28H54O7/c1-7-9-11-13-15-17-27(29)34-21-25(5)32-19-23(3)31-20-24(4)33-22-26(6)35-28(30)18-16-14-12-10-8-2/h23-26H,7-22H2,1-6H3. The highest BCUT2D eigenvalue weighted by molar-refractivity contribution is 5.69. The van der Waals surface area contributed by atoms with E-state index in [1.54, 1.807) is 0 Å². The molecule has 0 saturated carbocycles. The fraction of sp³-hybridized carbons (Fsp3) is 0.929. The maximum atomic E-state index is 11.9. The van der Waals surface area contributed by atoms with E-state index in [0.29, 0.717) is 32.7 Å². The van der Waals surface area contributed by atoms with Gasteiger partial charge in [0, 0.05) is 12.8 Å². The summed E-state index contributed by atoms with van der Waals surface area (Å²) in [6, 6.07) is 0. The molecule has 0 aromatic carbocycles. The molecule has 208 valence electrons. The van der Waals surface area contributed by atoms with Gasteiger partial charge >= 0.3 is 11.9 Å². The fourth-order valence-electron chi connectivity index (χ4n) is 3.39. The molecule has 4 atom stereocenters. The van der Waals surface area contributed by atoms with E-state index in [9.17, 15) is 9.59 Å². The van der Waals surface area contributed by atoms with Crippen molar-refractivity contribution in [1.82, 2.24) is 0 Å². The molecule has 0 fully saturated rings. The first kappa shape index (κ1) is 33.8. The lowest BCUT2D eigenvalue weighted by Crippen LogP contribution is -2.29. The van der Waals surface area contributed by atoms with Crippen molar-refractivity contribution in [2.45, 2.75) is 143 Å². The number of hydrogen-bond acceptors (Lipinski definition) is 7. The average Bonchev–Trinajstić information content (AvgIpc) is 2.83. The molecule has 7 heteroatoms. The smallest absolute Gasteiger partial charge is 0.306 e. The second-order valence-corrected chi connectivity index (χ2v) is 9.74. The van der Waals surface area contributed by atoms with Crippen LogP contribution in [0, 0.1) is 0 Å². The van der Waals surface area contributed by atoms with Crippen LogP contribution in [-0.2, 0) is 33.3 Å². The van der Waals surface area contributed by atoms with E-state index in [4.69, 9.17) is 23.7 Å². The van der Waals surface area contributed by atoms with Crippen LogP contribution in [-0.4, -0.2) is 62.8 Å². The third-order valence-electron chi connectivity index (χ3n) is 5.63. The van der Waals surface area contributed by atoms with Gasteiger partial charge in [-0.1, -0.05) is 65.2 Å². The summed E-state index contributed by atoms with van der Waals surface area (Å²) >= 11 is 0. The van der Waals surface area contributed by atoms with E-state index in [2.05, 4.69) is 13.8 Å². The summed E-state index contributed by atoms with van der Waals surface area (Å²) in [5, 5.41) is 0. The Bertz CT molecular complexity index is 512. The lowest BCUT2D eigenvalue weighted by Gasteiger charge is -2.21. The molecule has 0 spiro atoms. The Hall–Kier alpha value is -1.18. The summed E-state index contributed by atoms with van der Waals surface area (Å²) in [7, 11) is 0. The molecule has 35 heavy (non-hydrogen) atoms. The van der Waals surface area contributed by atoms with Gasteiger partial charge in [-0.2, -0.15) is 0 Å². The van der Waals surface area contributed by atoms with Crippen LogP contribution in [0.4, 0.5) is 0 Å². The van der Waals surface area contributed by atoms with Crippen LogP contribution < -0.4 is 0 Å². The Balaban J connectivity index is 3.78. The van der Waals surface area contributed by atoms with Gasteiger partial charge in [0.25, 0.3) is 0 Å². The summed E-state index contributed by atoms with van der Waals surface area (Å²) in [6.07, 6.45) is 11.4. The monoisotopic (exact) mass is 502 g/mol. The highest BCUT2D eigenvalue weighted by Crippen LogP contribution is 2.08. The number of esters is 2. The molecule has 0 saturated heterocycles. The van der Waals surface area contributed by atoms with Crippen LogP contribution in [0.2, 0.25) is 0 Å². The maximum Gasteiger partial charge on any atom is 0.306 e. The van der Waals surface area contributed by atoms with Gasteiger partial charge < -0.3 is 23.7 Å². The lowest BCUT2D eigenvalue weighted by atomic mass is 10.1. The molecule has 0 aliphatic rings. The molecule has 0 aliphatic heterocycles. The fourth-order valence-corrected chi connectivity index (χ4v) is 3.39. The topological polar surface area (TPSA) is 80.3 Å². The van der Waals surface area contributed by atoms with Crippen molar-refractivity contribution in [2.75, 3.05) is 26.4 Å². The van der Waals surface area contributed by atoms with Gasteiger partial charge in [-0.25, -0.2) is 0 Å². The summed E-state index contributed by atoms with van der Waals surface area (Å²) in [5.74, 6) is -0.307. The molecule has 7 nitrogen and oxygen atoms in total. The number of carbonyl (C=O) groups excluding carboxylic acids is 2. The van der Waals surface area contributed by atoms with Crippen molar-refractivity contribution in [2.24, 2.45) is 0 Å². The highest BCUT2D eigenvalue weighted by atomic mass is 16.6. The molecule has 0 rings (SSSR count). The number of carbonyl (C=O) groups is 2. The predicted molar refractivity (Wildman–Crippen MR) is 140 cm³/mol. The zero-order valence-electron chi connectivity index (χ0n) is 23.5. The molecule has 0 aromatic rings. The van der Waals surface area contributed by atoms with Crippen LogP contribution in [0.25, 0.3) is 0 Å². The van der Waals surface area contributed by atoms with Crippen LogP contribution in [0.3, 0.4) is 0 Å². The Morgan fingerprint density at radius 1 is 0.514 bits per heavy atom. The molecule has 0 N–H and O–H groups in total. The van der Waals surface area contributed by atoms with E-state index < -0.39 is 0 Å². The van der Waals surface area contributed by atoms with Gasteiger partial charge in [0.05, 0.1) is 38.1 Å². The van der Waals surface area contributed by atoms with E-state index in [1.807, 2.05) is 27.7 Å². The van der Waals surface area contributed by atoms with Gasteiger partial charge in [-0.3, -0.25) is 9.59 Å². The normalized spacial score (nSPS) is 14.8. The van der Waals surface area contributed by atoms with Crippen LogP contribution in [0.15, 0.2) is 0 Å². The molecular weight excluding hydrogens is 448 g/mol. The van der Waals surface area contributed by atoms with Gasteiger partial charge in [0.1, 0.15) is 12.7 Å². The second-order valence-electron chi connectivity index (χ2n) is 9.74. The van der Waals surface area contributed by atoms with Crippen molar-refractivity contribution in [3.8, 4) is 0 Å². The van der Waals surface area contributed by atoms with Crippen molar-refractivity contribution in [3.05, 3.63) is 0 Å². The largest absolute Gasteiger partial charge is 0.463 e. The van der Waals surface area contributed by atoms with Gasteiger partial charge in [-0.05, 0) is 40.5 Å². The minimum atomic E-state index is -0.277. The zero-order valence-corrected chi connectivity index (χ0v) is 23.5. The SMILES string of the molecule is CCCCCCCC(=O)OCC(C)OCC(C)OCC(C)OCC(C)OC(=O)CCCCCCC. The zero-order chi connectivity index (χ0) is 26.3. The van der Waals surface area contributed by atoms with Crippen molar-refractivity contribution >= 4 is 11.9 Å². The molecule has 0 heterocycles. The Labute approximate surface area is 214 Å². The maximum absolute atomic E-state index is 11.9. The first-order valence-electron chi connectivity index (χ1n) is 14.0. The summed E-state index contributed by atoms with van der Waals surface area (Å²) < 4.78 is 28.0. The van der Waals surface area contributed by atoms with Crippen molar-refractivity contribution in [1.29, 1.82) is 0 Å². The predicted octanol–water partition coefficient (Wildman–Crippen LogP) is 6.40. The summed E-state index contributed by atoms with van der Waals surface area (Å²) in [4.78, 5) is 23.7. The van der Waals surface area contributed by atoms with E-state index in [0.717, 1.165) is 25.7 Å². The van der Waals surface area contributed by atoms with Gasteiger partial charge in [0.15, 0.2) is 0 Å². The molecule has 4 unspecified atom stereocenters. The quantitative estimate of drug-likeness (QED) is 0.112. The van der Waals surface area contributed by atoms with Crippen LogP contribution >= 0.6 is 0 Å². The molecule has 0 aliphatic carbocycles. The minimum absolute atomic E-state index is 0.110. The molecule has 0 bridgehead atoms. The number of rotatable bonds is 24. The Morgan fingerprint density at radius 2 is 0.914 bits per heavy atom. The number of ether oxygens (including phenoxy) is 5. The first-order valence-corrected chi connectivity index (χ1v) is 14.0. The van der Waals surface area contributed by atoms with Crippen molar-refractivity contribution < 1.29 is 33.3 Å². The van der Waals surface area contributed by atoms with Crippen LogP contribution in [0.5, 0.6) is 0 Å². The van der Waals surface area contributed by atoms with Gasteiger partial charge in [0.2, 0.25) is 0 Å². The lowest BCUT2D eigenvalue weighted by molar-refractivity contribution is -0.153. The third kappa shape index (κ3) is 23.0. The first-order chi connectivity index (χ1) is 16.8. The molecule has 0 aromatic heterocycles. The Kier molecular flexibility index (Phi) is 22.4. The number of unbranched alkanes of at least 4 members (excludes halogenated alkanes) is 8. The number of hydrogen-bond donors (Lipinski definition) is 0. The third-order valence-corrected chi connectivity index (χ3v) is 5.63. The molecular formula is C28H54O7. The minimum Gasteiger partial charge on any atom is -0.463 e. The Morgan fingerprint density at radius 3 is 1.40 bits per heavy atom. The van der Waals surface area contributed by atoms with Crippen LogP contribution in [0.1, 0.15) is 119 Å². The highest BCUT2D eigenvalue weighted by Gasteiger charge is 2.14. The second kappa shape index (κ2) is 23.2. The average molecular weight is 503 g/mol. The van der Waals surface area contributed by atoms with E-state index >= 15 is 0 Å². The summed E-state index contributed by atoms with van der Waals surface area (Å²) in [6.45, 7) is 13.4. The van der Waals surface area contributed by atoms with Gasteiger partial charge in [-0.15, -0.1) is 0 Å².